The second-order valence-corrected chi connectivity index (χ2v) is 6.53. The molecule has 1 aliphatic rings. The number of esters is 1. The normalized spacial score (nSPS) is 16.4. The van der Waals surface area contributed by atoms with Gasteiger partial charge in [-0.05, 0) is 31.2 Å². The summed E-state index contributed by atoms with van der Waals surface area (Å²) in [6.45, 7) is 1.64. The number of carbonyl (C=O) groups excluding carboxylic acids is 3. The first kappa shape index (κ1) is 20.1. The molecule has 7 heteroatoms. The van der Waals surface area contributed by atoms with Crippen molar-refractivity contribution in [3.63, 3.8) is 0 Å². The van der Waals surface area contributed by atoms with Crippen LogP contribution in [0.25, 0.3) is 0 Å². The van der Waals surface area contributed by atoms with Crippen LogP contribution in [-0.4, -0.2) is 32.0 Å². The van der Waals surface area contributed by atoms with Crippen molar-refractivity contribution in [2.45, 2.75) is 13.3 Å². The molecule has 150 valence electrons. The van der Waals surface area contributed by atoms with Gasteiger partial charge in [-0.15, -0.1) is 0 Å². The number of hydrogen-bond acceptors (Lipinski definition) is 5. The summed E-state index contributed by atoms with van der Waals surface area (Å²) < 4.78 is 10.1. The molecule has 2 aromatic carbocycles. The SMILES string of the molecule is COC(=O)C1=C(C)N(c2ccccc2)C(=O)CC1C(=O)Nc1cccc(OC)c1. The van der Waals surface area contributed by atoms with Crippen molar-refractivity contribution in [2.24, 2.45) is 5.92 Å². The smallest absolute Gasteiger partial charge is 0.336 e. The minimum absolute atomic E-state index is 0.146. The molecule has 7 nitrogen and oxygen atoms in total. The fourth-order valence-electron chi connectivity index (χ4n) is 3.40. The summed E-state index contributed by atoms with van der Waals surface area (Å²) in [6.07, 6.45) is -0.146. The van der Waals surface area contributed by atoms with Gasteiger partial charge in [0, 0.05) is 29.6 Å². The first-order chi connectivity index (χ1) is 14.0. The molecule has 1 atom stereocenters. The molecular formula is C22H22N2O5. The highest BCUT2D eigenvalue weighted by Crippen LogP contribution is 2.34. The lowest BCUT2D eigenvalue weighted by Crippen LogP contribution is -2.43. The van der Waals surface area contributed by atoms with E-state index in [2.05, 4.69) is 5.32 Å². The Kier molecular flexibility index (Phi) is 5.97. The summed E-state index contributed by atoms with van der Waals surface area (Å²) in [5.41, 5.74) is 1.68. The molecule has 3 rings (SSSR count). The van der Waals surface area contributed by atoms with Crippen molar-refractivity contribution in [1.29, 1.82) is 0 Å². The van der Waals surface area contributed by atoms with Gasteiger partial charge < -0.3 is 14.8 Å². The molecule has 1 unspecified atom stereocenters. The van der Waals surface area contributed by atoms with Gasteiger partial charge in [-0.1, -0.05) is 24.3 Å². The number of benzene rings is 2. The van der Waals surface area contributed by atoms with Crippen LogP contribution >= 0.6 is 0 Å². The third kappa shape index (κ3) is 4.13. The molecule has 0 fully saturated rings. The fraction of sp³-hybridized carbons (Fsp3) is 0.227. The van der Waals surface area contributed by atoms with Gasteiger partial charge in [0.2, 0.25) is 11.8 Å². The maximum atomic E-state index is 13.0. The average molecular weight is 394 g/mol. The molecule has 0 aromatic heterocycles. The molecule has 1 N–H and O–H groups in total. The van der Waals surface area contributed by atoms with E-state index in [0.717, 1.165) is 0 Å². The molecular weight excluding hydrogens is 372 g/mol. The molecule has 0 radical (unpaired) electrons. The highest BCUT2D eigenvalue weighted by molar-refractivity contribution is 6.10. The molecule has 29 heavy (non-hydrogen) atoms. The zero-order valence-electron chi connectivity index (χ0n) is 16.5. The number of para-hydroxylation sites is 1. The van der Waals surface area contributed by atoms with E-state index >= 15 is 0 Å². The quantitative estimate of drug-likeness (QED) is 0.788. The standard InChI is InChI=1S/C22H22N2O5/c1-14-20(22(27)29-3)18(13-19(25)24(14)16-9-5-4-6-10-16)21(26)23-15-8-7-11-17(12-15)28-2/h4-12,18H,13H2,1-3H3,(H,23,26). The Morgan fingerprint density at radius 1 is 1.07 bits per heavy atom. The fourth-order valence-corrected chi connectivity index (χ4v) is 3.40. The predicted molar refractivity (Wildman–Crippen MR) is 108 cm³/mol. The Hall–Kier alpha value is -3.61. The molecule has 1 aliphatic heterocycles. The largest absolute Gasteiger partial charge is 0.497 e. The number of nitrogens with zero attached hydrogens (tertiary/aromatic N) is 1. The molecule has 0 spiro atoms. The summed E-state index contributed by atoms with van der Waals surface area (Å²) in [5.74, 6) is -1.74. The second-order valence-electron chi connectivity index (χ2n) is 6.53. The molecule has 2 aromatic rings. The number of carbonyl (C=O) groups is 3. The average Bonchev–Trinajstić information content (AvgIpc) is 2.73. The maximum absolute atomic E-state index is 13.0. The molecule has 0 saturated heterocycles. The van der Waals surface area contributed by atoms with Gasteiger partial charge in [0.1, 0.15) is 5.75 Å². The van der Waals surface area contributed by atoms with Crippen molar-refractivity contribution in [3.05, 3.63) is 65.9 Å². The summed E-state index contributed by atoms with van der Waals surface area (Å²) in [4.78, 5) is 39.8. The number of anilines is 2. The van der Waals surface area contributed by atoms with Crippen LogP contribution in [-0.2, 0) is 19.1 Å². The van der Waals surface area contributed by atoms with Gasteiger partial charge in [0.15, 0.2) is 0 Å². The number of amides is 2. The van der Waals surface area contributed by atoms with E-state index in [1.54, 1.807) is 55.5 Å². The van der Waals surface area contributed by atoms with Crippen LogP contribution in [0, 0.1) is 5.92 Å². The summed E-state index contributed by atoms with van der Waals surface area (Å²) in [7, 11) is 2.78. The van der Waals surface area contributed by atoms with E-state index in [0.29, 0.717) is 22.8 Å². The summed E-state index contributed by atoms with van der Waals surface area (Å²) in [5, 5.41) is 2.76. The van der Waals surface area contributed by atoms with Gasteiger partial charge in [-0.25, -0.2) is 4.79 Å². The Labute approximate surface area is 168 Å². The first-order valence-corrected chi connectivity index (χ1v) is 9.08. The van der Waals surface area contributed by atoms with Gasteiger partial charge in [-0.2, -0.15) is 0 Å². The van der Waals surface area contributed by atoms with Gasteiger partial charge in [-0.3, -0.25) is 14.5 Å². The number of ether oxygens (including phenoxy) is 2. The van der Waals surface area contributed by atoms with Crippen LogP contribution < -0.4 is 15.0 Å². The first-order valence-electron chi connectivity index (χ1n) is 9.08. The number of allylic oxidation sites excluding steroid dienone is 1. The maximum Gasteiger partial charge on any atom is 0.336 e. The monoisotopic (exact) mass is 394 g/mol. The summed E-state index contributed by atoms with van der Waals surface area (Å²) >= 11 is 0. The lowest BCUT2D eigenvalue weighted by Gasteiger charge is -2.33. The zero-order valence-corrected chi connectivity index (χ0v) is 16.5. The van der Waals surface area contributed by atoms with Crippen LogP contribution in [0.5, 0.6) is 5.75 Å². The Morgan fingerprint density at radius 3 is 2.45 bits per heavy atom. The molecule has 0 bridgehead atoms. The zero-order chi connectivity index (χ0) is 21.0. The third-order valence-corrected chi connectivity index (χ3v) is 4.78. The summed E-state index contributed by atoms with van der Waals surface area (Å²) in [6, 6.07) is 15.8. The molecule has 1 heterocycles. The van der Waals surface area contributed by atoms with E-state index in [4.69, 9.17) is 9.47 Å². The van der Waals surface area contributed by atoms with Crippen molar-refractivity contribution in [1.82, 2.24) is 0 Å². The van der Waals surface area contributed by atoms with Crippen molar-refractivity contribution in [3.8, 4) is 5.75 Å². The van der Waals surface area contributed by atoms with Crippen LogP contribution in [0.1, 0.15) is 13.3 Å². The van der Waals surface area contributed by atoms with Crippen molar-refractivity contribution < 1.29 is 23.9 Å². The highest BCUT2D eigenvalue weighted by Gasteiger charge is 2.40. The number of methoxy groups -OCH3 is 2. The van der Waals surface area contributed by atoms with Crippen LogP contribution in [0.2, 0.25) is 0 Å². The van der Waals surface area contributed by atoms with Gasteiger partial charge in [0.25, 0.3) is 0 Å². The van der Waals surface area contributed by atoms with E-state index in [-0.39, 0.29) is 17.9 Å². The number of rotatable bonds is 5. The van der Waals surface area contributed by atoms with E-state index < -0.39 is 17.8 Å². The minimum atomic E-state index is -0.957. The number of hydrogen-bond donors (Lipinski definition) is 1. The third-order valence-electron chi connectivity index (χ3n) is 4.78. The number of nitrogens with one attached hydrogen (secondary N) is 1. The van der Waals surface area contributed by atoms with E-state index in [1.165, 1.54) is 19.1 Å². The Bertz CT molecular complexity index is 968. The molecule has 2 amide bonds. The molecule has 0 aliphatic carbocycles. The van der Waals surface area contributed by atoms with Crippen molar-refractivity contribution >= 4 is 29.2 Å². The van der Waals surface area contributed by atoms with E-state index in [1.807, 2.05) is 6.07 Å². The van der Waals surface area contributed by atoms with Gasteiger partial charge in [0.05, 0.1) is 25.7 Å². The van der Waals surface area contributed by atoms with Crippen LogP contribution in [0.3, 0.4) is 0 Å². The Balaban J connectivity index is 1.97. The molecule has 0 saturated carbocycles. The Morgan fingerprint density at radius 2 is 1.79 bits per heavy atom. The van der Waals surface area contributed by atoms with Gasteiger partial charge >= 0.3 is 5.97 Å². The lowest BCUT2D eigenvalue weighted by atomic mass is 9.88. The van der Waals surface area contributed by atoms with Crippen molar-refractivity contribution in [2.75, 3.05) is 24.4 Å². The van der Waals surface area contributed by atoms with E-state index in [9.17, 15) is 14.4 Å². The lowest BCUT2D eigenvalue weighted by molar-refractivity contribution is -0.138. The predicted octanol–water partition coefficient (Wildman–Crippen LogP) is 3.13. The van der Waals surface area contributed by atoms with Crippen LogP contribution in [0.15, 0.2) is 65.9 Å². The van der Waals surface area contributed by atoms with Crippen LogP contribution in [0.4, 0.5) is 11.4 Å². The minimum Gasteiger partial charge on any atom is -0.497 e. The second kappa shape index (κ2) is 8.60. The topological polar surface area (TPSA) is 84.9 Å². The highest BCUT2D eigenvalue weighted by atomic mass is 16.5.